The Morgan fingerprint density at radius 2 is 1.56 bits per heavy atom. The Kier molecular flexibility index (Phi) is 16.5. The zero-order valence-corrected chi connectivity index (χ0v) is 27.0. The topological polar surface area (TPSA) is 108 Å². The van der Waals surface area contributed by atoms with Crippen LogP contribution in [-0.4, -0.2) is 52.6 Å². The number of aromatic hydroxyl groups is 1. The summed E-state index contributed by atoms with van der Waals surface area (Å²) < 4.78 is 5.49. The van der Waals surface area contributed by atoms with Gasteiger partial charge in [0.05, 0.1) is 0 Å². The smallest absolute Gasteiger partial charge is 0.408 e. The monoisotopic (exact) mass is 575 g/mol. The minimum atomic E-state index is -1.04. The van der Waals surface area contributed by atoms with Gasteiger partial charge in [0.2, 0.25) is 11.8 Å². The number of aryl methyl sites for hydroxylation is 1. The summed E-state index contributed by atoms with van der Waals surface area (Å²) in [4.78, 5) is 42.6. The molecule has 234 valence electrons. The Hall–Kier alpha value is -2.77. The summed E-state index contributed by atoms with van der Waals surface area (Å²) in [6.45, 7) is 16.1. The van der Waals surface area contributed by atoms with E-state index < -0.39 is 23.8 Å². The summed E-state index contributed by atoms with van der Waals surface area (Å²) in [5, 5.41) is 16.9. The van der Waals surface area contributed by atoms with Crippen LogP contribution in [0.15, 0.2) is 18.2 Å². The molecule has 0 aliphatic carbocycles. The molecule has 8 nitrogen and oxygen atoms in total. The number of nitrogens with one attached hydrogen (secondary N) is 2. The first-order valence-electron chi connectivity index (χ1n) is 15.7. The van der Waals surface area contributed by atoms with Gasteiger partial charge in [0.25, 0.3) is 0 Å². The molecule has 0 aliphatic heterocycles. The first kappa shape index (κ1) is 36.3. The lowest BCUT2D eigenvalue weighted by molar-refractivity contribution is -0.143. The lowest BCUT2D eigenvalue weighted by atomic mass is 9.94. The molecule has 3 atom stereocenters. The van der Waals surface area contributed by atoms with E-state index in [0.717, 1.165) is 44.9 Å². The molecule has 0 saturated heterocycles. The predicted molar refractivity (Wildman–Crippen MR) is 166 cm³/mol. The highest BCUT2D eigenvalue weighted by Gasteiger charge is 2.39. The molecule has 0 fully saturated rings. The highest BCUT2D eigenvalue weighted by molar-refractivity contribution is 5.92. The third-order valence-corrected chi connectivity index (χ3v) is 7.39. The van der Waals surface area contributed by atoms with Crippen molar-refractivity contribution < 1.29 is 24.2 Å². The van der Waals surface area contributed by atoms with Crippen LogP contribution in [0, 0.1) is 12.8 Å². The van der Waals surface area contributed by atoms with Crippen LogP contribution in [0.25, 0.3) is 0 Å². The number of phenolic OH excluding ortho intramolecular Hbond substituents is 1. The molecule has 1 rings (SSSR count). The Bertz CT molecular complexity index is 943. The van der Waals surface area contributed by atoms with Crippen LogP contribution in [0.5, 0.6) is 5.75 Å². The van der Waals surface area contributed by atoms with Crippen molar-refractivity contribution in [3.8, 4) is 5.75 Å². The van der Waals surface area contributed by atoms with E-state index in [-0.39, 0.29) is 23.5 Å². The minimum absolute atomic E-state index is 0.00199. The maximum absolute atomic E-state index is 14.4. The van der Waals surface area contributed by atoms with E-state index in [1.54, 1.807) is 50.8 Å². The molecule has 0 bridgehead atoms. The van der Waals surface area contributed by atoms with Crippen LogP contribution in [0.4, 0.5) is 4.79 Å². The second kappa shape index (κ2) is 18.6. The largest absolute Gasteiger partial charge is 0.507 e. The average molecular weight is 576 g/mol. The first-order chi connectivity index (χ1) is 19.4. The predicted octanol–water partition coefficient (Wildman–Crippen LogP) is 7.18. The van der Waals surface area contributed by atoms with Gasteiger partial charge in [-0.25, -0.2) is 4.79 Å². The number of ether oxygens (including phenoxy) is 1. The van der Waals surface area contributed by atoms with Gasteiger partial charge in [-0.1, -0.05) is 97.3 Å². The van der Waals surface area contributed by atoms with Gasteiger partial charge in [0.15, 0.2) is 0 Å². The van der Waals surface area contributed by atoms with Gasteiger partial charge in [-0.05, 0) is 52.0 Å². The first-order valence-corrected chi connectivity index (χ1v) is 15.7. The Morgan fingerprint density at radius 3 is 2.17 bits per heavy atom. The van der Waals surface area contributed by atoms with Crippen LogP contribution in [-0.2, 0) is 14.3 Å². The number of phenols is 1. The number of carbonyl (C=O) groups is 3. The number of unbranched alkanes of at least 4 members (excludes halogenated alkanes) is 7. The van der Waals surface area contributed by atoms with Crippen molar-refractivity contribution in [2.24, 2.45) is 5.92 Å². The molecule has 1 aromatic carbocycles. The minimum Gasteiger partial charge on any atom is -0.507 e. The van der Waals surface area contributed by atoms with Crippen LogP contribution in [0.2, 0.25) is 0 Å². The maximum atomic E-state index is 14.4. The van der Waals surface area contributed by atoms with E-state index in [1.807, 2.05) is 13.8 Å². The van der Waals surface area contributed by atoms with Crippen LogP contribution < -0.4 is 10.6 Å². The number of alkyl carbamates (subject to hydrolysis) is 1. The highest BCUT2D eigenvalue weighted by Crippen LogP contribution is 2.33. The molecule has 8 heteroatoms. The fraction of sp³-hybridized carbons (Fsp3) is 0.727. The van der Waals surface area contributed by atoms with Gasteiger partial charge in [-0.2, -0.15) is 0 Å². The van der Waals surface area contributed by atoms with E-state index in [9.17, 15) is 19.5 Å². The quantitative estimate of drug-likeness (QED) is 0.161. The fourth-order valence-corrected chi connectivity index (χ4v) is 4.76. The molecule has 3 amide bonds. The SMILES string of the molecule is CCCCCCCCN(C(=O)C(NC(=O)OC(C)(C)C)C(C)CC)C(C(=O)NCCCCC)c1cccc(C)c1O. The number of hydrogen-bond donors (Lipinski definition) is 3. The fourth-order valence-electron chi connectivity index (χ4n) is 4.76. The van der Waals surface area contributed by atoms with Crippen molar-refractivity contribution in [1.29, 1.82) is 0 Å². The van der Waals surface area contributed by atoms with Gasteiger partial charge in [-0.3, -0.25) is 9.59 Å². The summed E-state index contributed by atoms with van der Waals surface area (Å²) in [7, 11) is 0. The van der Waals surface area contributed by atoms with E-state index in [0.29, 0.717) is 37.1 Å². The van der Waals surface area contributed by atoms with E-state index in [2.05, 4.69) is 24.5 Å². The molecular formula is C33H57N3O5. The normalized spacial score (nSPS) is 13.7. The number of amides is 3. The molecule has 0 aromatic heterocycles. The standard InChI is InChI=1S/C33H57N3O5/c1-9-12-14-15-16-18-23-36(31(39)27(24(4)11-3)35-32(40)41-33(6,7)8)28(30(38)34-22-17-13-10-2)26-21-19-20-25(5)29(26)37/h19-21,24,27-28,37H,9-18,22-23H2,1-8H3,(H,34,38)(H,35,40). The summed E-state index contributed by atoms with van der Waals surface area (Å²) in [5.41, 5.74) is 0.292. The molecule has 0 spiro atoms. The van der Waals surface area contributed by atoms with Crippen molar-refractivity contribution in [2.75, 3.05) is 13.1 Å². The molecule has 3 unspecified atom stereocenters. The molecule has 0 heterocycles. The van der Waals surface area contributed by atoms with E-state index in [1.165, 1.54) is 6.42 Å². The number of para-hydroxylation sites is 1. The Morgan fingerprint density at radius 1 is 0.951 bits per heavy atom. The van der Waals surface area contributed by atoms with Gasteiger partial charge in [0, 0.05) is 18.7 Å². The lowest BCUT2D eigenvalue weighted by Gasteiger charge is -2.36. The number of carbonyl (C=O) groups excluding carboxylic acids is 3. The van der Waals surface area contributed by atoms with Gasteiger partial charge < -0.3 is 25.4 Å². The zero-order chi connectivity index (χ0) is 31.0. The number of hydrogen-bond acceptors (Lipinski definition) is 5. The number of nitrogens with zero attached hydrogens (tertiary/aromatic N) is 1. The van der Waals surface area contributed by atoms with E-state index >= 15 is 0 Å². The summed E-state index contributed by atoms with van der Waals surface area (Å²) in [5.74, 6) is -0.890. The highest BCUT2D eigenvalue weighted by atomic mass is 16.6. The Balaban J connectivity index is 3.51. The van der Waals surface area contributed by atoms with Crippen LogP contribution >= 0.6 is 0 Å². The third-order valence-electron chi connectivity index (χ3n) is 7.39. The number of benzene rings is 1. The van der Waals surface area contributed by atoms with Crippen molar-refractivity contribution >= 4 is 17.9 Å². The van der Waals surface area contributed by atoms with Crippen molar-refractivity contribution in [3.63, 3.8) is 0 Å². The Labute approximate surface area is 249 Å². The second-order valence-electron chi connectivity index (χ2n) is 12.2. The molecule has 0 aliphatic rings. The van der Waals surface area contributed by atoms with Crippen LogP contribution in [0.1, 0.15) is 130 Å². The number of rotatable bonds is 18. The molecule has 0 radical (unpaired) electrons. The zero-order valence-electron chi connectivity index (χ0n) is 27.0. The van der Waals surface area contributed by atoms with Crippen molar-refractivity contribution in [2.45, 2.75) is 137 Å². The van der Waals surface area contributed by atoms with Gasteiger partial charge >= 0.3 is 6.09 Å². The molecule has 3 N–H and O–H groups in total. The summed E-state index contributed by atoms with van der Waals surface area (Å²) in [6.07, 6.45) is 8.91. The average Bonchev–Trinajstić information content (AvgIpc) is 2.91. The van der Waals surface area contributed by atoms with Crippen molar-refractivity contribution in [1.82, 2.24) is 15.5 Å². The lowest BCUT2D eigenvalue weighted by Crippen LogP contribution is -2.55. The van der Waals surface area contributed by atoms with Gasteiger partial charge in [0.1, 0.15) is 23.4 Å². The third kappa shape index (κ3) is 12.7. The molecule has 1 aromatic rings. The maximum Gasteiger partial charge on any atom is 0.408 e. The summed E-state index contributed by atoms with van der Waals surface area (Å²) >= 11 is 0. The van der Waals surface area contributed by atoms with E-state index in [4.69, 9.17) is 4.74 Å². The molecular weight excluding hydrogens is 518 g/mol. The van der Waals surface area contributed by atoms with Crippen molar-refractivity contribution in [3.05, 3.63) is 29.3 Å². The molecule has 41 heavy (non-hydrogen) atoms. The molecule has 0 saturated carbocycles. The second-order valence-corrected chi connectivity index (χ2v) is 12.2. The van der Waals surface area contributed by atoms with Crippen LogP contribution in [0.3, 0.4) is 0 Å². The summed E-state index contributed by atoms with van der Waals surface area (Å²) in [6, 6.07) is 3.35. The van der Waals surface area contributed by atoms with Gasteiger partial charge in [-0.15, -0.1) is 0 Å².